The summed E-state index contributed by atoms with van der Waals surface area (Å²) < 4.78 is 4.60. The molecule has 0 saturated heterocycles. The van der Waals surface area contributed by atoms with Gasteiger partial charge in [-0.2, -0.15) is 0 Å². The first kappa shape index (κ1) is 10.6. The number of hydrogen-bond acceptors (Lipinski definition) is 4. The Bertz CT molecular complexity index is 277. The van der Waals surface area contributed by atoms with E-state index in [1.807, 2.05) is 0 Å². The largest absolute Gasteiger partial charge is 0.356 e. The van der Waals surface area contributed by atoms with Crippen molar-refractivity contribution >= 4 is 5.91 Å². The number of nitrogens with zero attached hydrogens (tertiary/aromatic N) is 1. The van der Waals surface area contributed by atoms with E-state index >= 15 is 0 Å². The van der Waals surface area contributed by atoms with E-state index in [-0.39, 0.29) is 19.1 Å². The monoisotopic (exact) mass is 196 g/mol. The van der Waals surface area contributed by atoms with Crippen molar-refractivity contribution in [2.24, 2.45) is 0 Å². The molecule has 0 bridgehead atoms. The van der Waals surface area contributed by atoms with Crippen LogP contribution in [0, 0.1) is 0 Å². The second-order valence-electron chi connectivity index (χ2n) is 2.61. The maximum Gasteiger partial charge on any atom is 0.248 e. The van der Waals surface area contributed by atoms with E-state index in [0.29, 0.717) is 0 Å². The molecule has 0 atom stereocenters. The van der Waals surface area contributed by atoms with Gasteiger partial charge in [-0.3, -0.25) is 9.78 Å². The van der Waals surface area contributed by atoms with Gasteiger partial charge < -0.3 is 4.74 Å². The maximum absolute atomic E-state index is 11.2. The molecule has 5 heteroatoms. The Morgan fingerprint density at radius 1 is 1.50 bits per heavy atom. The summed E-state index contributed by atoms with van der Waals surface area (Å²) >= 11 is 0. The molecular weight excluding hydrogens is 184 g/mol. The first-order valence-electron chi connectivity index (χ1n) is 4.11. The van der Waals surface area contributed by atoms with E-state index in [1.165, 1.54) is 7.11 Å². The molecule has 1 N–H and O–H groups in total. The van der Waals surface area contributed by atoms with Crippen LogP contribution in [0.2, 0.25) is 0 Å². The molecule has 0 aliphatic rings. The molecule has 0 spiro atoms. The quantitative estimate of drug-likeness (QED) is 0.417. The van der Waals surface area contributed by atoms with Crippen molar-refractivity contribution in [3.63, 3.8) is 0 Å². The fourth-order valence-electron chi connectivity index (χ4n) is 0.891. The molecule has 1 amide bonds. The van der Waals surface area contributed by atoms with Crippen LogP contribution in [0.15, 0.2) is 24.5 Å². The molecule has 76 valence electrons. The second-order valence-corrected chi connectivity index (χ2v) is 2.61. The fraction of sp³-hybridized carbons (Fsp3) is 0.333. The van der Waals surface area contributed by atoms with Gasteiger partial charge in [0.25, 0.3) is 0 Å². The van der Waals surface area contributed by atoms with Crippen molar-refractivity contribution in [1.29, 1.82) is 0 Å². The van der Waals surface area contributed by atoms with Crippen molar-refractivity contribution in [3.8, 4) is 0 Å². The van der Waals surface area contributed by atoms with E-state index in [1.54, 1.807) is 24.5 Å². The van der Waals surface area contributed by atoms with Crippen LogP contribution < -0.4 is 5.48 Å². The lowest BCUT2D eigenvalue weighted by Crippen LogP contribution is -2.26. The zero-order chi connectivity index (χ0) is 10.2. The van der Waals surface area contributed by atoms with Gasteiger partial charge in [0, 0.05) is 19.5 Å². The third kappa shape index (κ3) is 3.97. The summed E-state index contributed by atoms with van der Waals surface area (Å²) in [5.41, 5.74) is 3.14. The third-order valence-electron chi connectivity index (χ3n) is 1.48. The zero-order valence-electron chi connectivity index (χ0n) is 7.90. The number of ether oxygens (including phenoxy) is 1. The molecule has 0 radical (unpaired) electrons. The molecule has 14 heavy (non-hydrogen) atoms. The molecule has 0 aliphatic heterocycles. The summed E-state index contributed by atoms with van der Waals surface area (Å²) in [4.78, 5) is 19.7. The summed E-state index contributed by atoms with van der Waals surface area (Å²) in [6, 6.07) is 3.55. The Morgan fingerprint density at radius 2 is 2.21 bits per heavy atom. The van der Waals surface area contributed by atoms with Crippen molar-refractivity contribution < 1.29 is 14.4 Å². The molecule has 1 heterocycles. The summed E-state index contributed by atoms with van der Waals surface area (Å²) in [6.45, 7) is 0.0437. The maximum atomic E-state index is 11.2. The van der Waals surface area contributed by atoms with Gasteiger partial charge in [-0.15, -0.1) is 0 Å². The number of rotatable bonds is 5. The third-order valence-corrected chi connectivity index (χ3v) is 1.48. The highest BCUT2D eigenvalue weighted by molar-refractivity contribution is 5.77. The Labute approximate surface area is 82.0 Å². The standard InChI is InChI=1S/C9H12N2O3/c1-13-7-14-11-9(12)6-8-2-4-10-5-3-8/h2-5H,6-7H2,1H3,(H,11,12). The van der Waals surface area contributed by atoms with Crippen LogP contribution in [0.3, 0.4) is 0 Å². The lowest BCUT2D eigenvalue weighted by molar-refractivity contribution is -0.143. The normalized spacial score (nSPS) is 9.79. The Hall–Kier alpha value is -1.46. The van der Waals surface area contributed by atoms with Crippen molar-refractivity contribution in [3.05, 3.63) is 30.1 Å². The average molecular weight is 196 g/mol. The Balaban J connectivity index is 2.27. The number of hydroxylamine groups is 1. The van der Waals surface area contributed by atoms with Gasteiger partial charge in [0.05, 0.1) is 6.42 Å². The zero-order valence-corrected chi connectivity index (χ0v) is 7.90. The minimum Gasteiger partial charge on any atom is -0.356 e. The highest BCUT2D eigenvalue weighted by Gasteiger charge is 2.01. The minimum atomic E-state index is -0.215. The van der Waals surface area contributed by atoms with Gasteiger partial charge in [0.2, 0.25) is 5.91 Å². The molecule has 1 rings (SSSR count). The molecule has 5 nitrogen and oxygen atoms in total. The van der Waals surface area contributed by atoms with Crippen LogP contribution in [0.25, 0.3) is 0 Å². The molecule has 1 aromatic heterocycles. The lowest BCUT2D eigenvalue weighted by Gasteiger charge is -2.04. The first-order chi connectivity index (χ1) is 6.83. The highest BCUT2D eigenvalue weighted by Crippen LogP contribution is 1.96. The van der Waals surface area contributed by atoms with Gasteiger partial charge in [-0.1, -0.05) is 0 Å². The number of hydrogen-bond donors (Lipinski definition) is 1. The molecule has 1 aromatic rings. The summed E-state index contributed by atoms with van der Waals surface area (Å²) in [5.74, 6) is -0.215. The van der Waals surface area contributed by atoms with E-state index in [4.69, 9.17) is 0 Å². The van der Waals surface area contributed by atoms with Gasteiger partial charge in [0.1, 0.15) is 0 Å². The number of carbonyl (C=O) groups excluding carboxylic acids is 1. The predicted octanol–water partition coefficient (Wildman–Crippen LogP) is 0.276. The van der Waals surface area contributed by atoms with Crippen LogP contribution in [-0.2, 0) is 20.8 Å². The number of nitrogens with one attached hydrogen (secondary N) is 1. The van der Waals surface area contributed by atoms with Crippen molar-refractivity contribution in [2.45, 2.75) is 6.42 Å². The predicted molar refractivity (Wildman–Crippen MR) is 49.0 cm³/mol. The number of carbonyl (C=O) groups is 1. The van der Waals surface area contributed by atoms with E-state index in [0.717, 1.165) is 5.56 Å². The fourth-order valence-corrected chi connectivity index (χ4v) is 0.891. The number of aromatic nitrogens is 1. The number of pyridine rings is 1. The highest BCUT2D eigenvalue weighted by atomic mass is 16.8. The summed E-state index contributed by atoms with van der Waals surface area (Å²) in [6.07, 6.45) is 3.55. The molecule has 0 fully saturated rings. The SMILES string of the molecule is COCONC(=O)Cc1ccncc1. The van der Waals surface area contributed by atoms with Gasteiger partial charge in [-0.25, -0.2) is 10.3 Å². The number of methoxy groups -OCH3 is 1. The molecular formula is C9H12N2O3. The van der Waals surface area contributed by atoms with Crippen molar-refractivity contribution in [2.75, 3.05) is 13.9 Å². The van der Waals surface area contributed by atoms with Crippen LogP contribution in [0.1, 0.15) is 5.56 Å². The van der Waals surface area contributed by atoms with Gasteiger partial charge in [0.15, 0.2) is 6.79 Å². The van der Waals surface area contributed by atoms with E-state index in [2.05, 4.69) is 20.0 Å². The molecule has 0 unspecified atom stereocenters. The number of amides is 1. The van der Waals surface area contributed by atoms with E-state index < -0.39 is 0 Å². The van der Waals surface area contributed by atoms with Crippen LogP contribution >= 0.6 is 0 Å². The van der Waals surface area contributed by atoms with Crippen LogP contribution in [0.5, 0.6) is 0 Å². The first-order valence-corrected chi connectivity index (χ1v) is 4.11. The van der Waals surface area contributed by atoms with Crippen LogP contribution in [0.4, 0.5) is 0 Å². The Morgan fingerprint density at radius 3 is 2.86 bits per heavy atom. The summed E-state index contributed by atoms with van der Waals surface area (Å²) in [7, 11) is 1.48. The smallest absolute Gasteiger partial charge is 0.248 e. The second kappa shape index (κ2) is 6.06. The van der Waals surface area contributed by atoms with E-state index in [9.17, 15) is 4.79 Å². The van der Waals surface area contributed by atoms with Crippen molar-refractivity contribution in [1.82, 2.24) is 10.5 Å². The lowest BCUT2D eigenvalue weighted by atomic mass is 10.2. The molecule has 0 aliphatic carbocycles. The Kier molecular flexibility index (Phi) is 4.60. The van der Waals surface area contributed by atoms with Crippen LogP contribution in [-0.4, -0.2) is 24.8 Å². The summed E-state index contributed by atoms with van der Waals surface area (Å²) in [5, 5.41) is 0. The average Bonchev–Trinajstić information content (AvgIpc) is 2.20. The van der Waals surface area contributed by atoms with Gasteiger partial charge >= 0.3 is 0 Å². The molecule has 0 aromatic carbocycles. The van der Waals surface area contributed by atoms with Gasteiger partial charge in [-0.05, 0) is 17.7 Å². The minimum absolute atomic E-state index is 0.0437. The molecule has 0 saturated carbocycles. The topological polar surface area (TPSA) is 60.5 Å².